The summed E-state index contributed by atoms with van der Waals surface area (Å²) in [7, 11) is 0. The third-order valence-corrected chi connectivity index (χ3v) is 7.10. The number of carbonyl (C=O) groups excluding carboxylic acids is 1. The van der Waals surface area contributed by atoms with E-state index in [0.29, 0.717) is 6.79 Å². The average Bonchev–Trinajstić information content (AvgIpc) is 3.32. The zero-order valence-corrected chi connectivity index (χ0v) is 18.7. The fraction of sp³-hybridized carbons (Fsp3) is 0.269. The first-order chi connectivity index (χ1) is 15.8. The summed E-state index contributed by atoms with van der Waals surface area (Å²) in [5.74, 6) is 1.82. The van der Waals surface area contributed by atoms with Crippen molar-refractivity contribution in [1.29, 1.82) is 0 Å². The SMILES string of the molecule is O=C(C(Sc1ccccc1)c1ccccc1)N1CCN(Cc2ccc3c(c2)OCO3)CC1. The Balaban J connectivity index is 1.23. The molecule has 5 rings (SSSR count). The van der Waals surface area contributed by atoms with E-state index in [9.17, 15) is 4.79 Å². The lowest BCUT2D eigenvalue weighted by Gasteiger charge is -2.36. The molecule has 0 saturated carbocycles. The summed E-state index contributed by atoms with van der Waals surface area (Å²) in [6.45, 7) is 4.34. The zero-order valence-electron chi connectivity index (χ0n) is 17.9. The fourth-order valence-electron chi connectivity index (χ4n) is 4.11. The number of amides is 1. The number of ether oxygens (including phenoxy) is 2. The third kappa shape index (κ3) is 4.76. The number of rotatable bonds is 6. The van der Waals surface area contributed by atoms with E-state index in [0.717, 1.165) is 54.7 Å². The van der Waals surface area contributed by atoms with Crippen LogP contribution in [0.3, 0.4) is 0 Å². The second-order valence-corrected chi connectivity index (χ2v) is 9.19. The molecule has 6 heteroatoms. The topological polar surface area (TPSA) is 42.0 Å². The number of benzene rings is 3. The van der Waals surface area contributed by atoms with Gasteiger partial charge in [0.15, 0.2) is 11.5 Å². The molecule has 3 aromatic carbocycles. The van der Waals surface area contributed by atoms with Gasteiger partial charge < -0.3 is 14.4 Å². The number of fused-ring (bicyclic) bond motifs is 1. The van der Waals surface area contributed by atoms with Gasteiger partial charge in [-0.2, -0.15) is 0 Å². The van der Waals surface area contributed by atoms with E-state index in [1.54, 1.807) is 11.8 Å². The molecule has 0 aromatic heterocycles. The molecule has 1 saturated heterocycles. The Labute approximate surface area is 192 Å². The Morgan fingerprint density at radius 1 is 0.844 bits per heavy atom. The van der Waals surface area contributed by atoms with Crippen LogP contribution in [0.1, 0.15) is 16.4 Å². The van der Waals surface area contributed by atoms with Crippen LogP contribution in [-0.2, 0) is 11.3 Å². The maximum absolute atomic E-state index is 13.6. The van der Waals surface area contributed by atoms with Gasteiger partial charge in [0.1, 0.15) is 5.25 Å². The molecule has 0 N–H and O–H groups in total. The quantitative estimate of drug-likeness (QED) is 0.518. The normalized spacial score (nSPS) is 16.7. The number of hydrogen-bond donors (Lipinski definition) is 0. The Bertz CT molecular complexity index is 1050. The maximum atomic E-state index is 13.6. The highest BCUT2D eigenvalue weighted by molar-refractivity contribution is 8.00. The lowest BCUT2D eigenvalue weighted by molar-refractivity contribution is -0.132. The molecule has 2 aliphatic heterocycles. The standard InChI is InChI=1S/C26H26N2O3S/c29-26(25(21-7-3-1-4-8-21)32-22-9-5-2-6-10-22)28-15-13-27(14-16-28)18-20-11-12-23-24(17-20)31-19-30-23/h1-12,17,25H,13-16,18-19H2. The highest BCUT2D eigenvalue weighted by Crippen LogP contribution is 2.37. The van der Waals surface area contributed by atoms with Crippen LogP contribution in [0.25, 0.3) is 0 Å². The second kappa shape index (κ2) is 9.67. The van der Waals surface area contributed by atoms with Crippen LogP contribution in [0.4, 0.5) is 0 Å². The smallest absolute Gasteiger partial charge is 0.240 e. The molecular formula is C26H26N2O3S. The first-order valence-electron chi connectivity index (χ1n) is 10.9. The van der Waals surface area contributed by atoms with Gasteiger partial charge in [-0.25, -0.2) is 0 Å². The lowest BCUT2D eigenvalue weighted by Crippen LogP contribution is -2.49. The van der Waals surface area contributed by atoms with Crippen molar-refractivity contribution in [3.05, 3.63) is 90.0 Å². The fourth-order valence-corrected chi connectivity index (χ4v) is 5.24. The summed E-state index contributed by atoms with van der Waals surface area (Å²) in [5, 5.41) is -0.237. The number of hydrogen-bond acceptors (Lipinski definition) is 5. The summed E-state index contributed by atoms with van der Waals surface area (Å²) >= 11 is 1.63. The highest BCUT2D eigenvalue weighted by Gasteiger charge is 2.29. The second-order valence-electron chi connectivity index (χ2n) is 8.01. The van der Waals surface area contributed by atoms with Crippen LogP contribution < -0.4 is 9.47 Å². The van der Waals surface area contributed by atoms with Crippen molar-refractivity contribution in [2.75, 3.05) is 33.0 Å². The van der Waals surface area contributed by atoms with Gasteiger partial charge in [0.2, 0.25) is 12.7 Å². The predicted molar refractivity (Wildman–Crippen MR) is 126 cm³/mol. The van der Waals surface area contributed by atoms with E-state index >= 15 is 0 Å². The van der Waals surface area contributed by atoms with E-state index < -0.39 is 0 Å². The van der Waals surface area contributed by atoms with Gasteiger partial charge in [-0.05, 0) is 35.4 Å². The lowest BCUT2D eigenvalue weighted by atomic mass is 10.1. The van der Waals surface area contributed by atoms with Gasteiger partial charge >= 0.3 is 0 Å². The molecule has 2 heterocycles. The number of carbonyl (C=O) groups is 1. The van der Waals surface area contributed by atoms with Crippen LogP contribution >= 0.6 is 11.8 Å². The summed E-state index contributed by atoms with van der Waals surface area (Å²) in [6.07, 6.45) is 0. The molecule has 1 fully saturated rings. The van der Waals surface area contributed by atoms with Crippen molar-refractivity contribution >= 4 is 17.7 Å². The largest absolute Gasteiger partial charge is 0.454 e. The van der Waals surface area contributed by atoms with E-state index in [1.165, 1.54) is 5.56 Å². The minimum atomic E-state index is -0.237. The first-order valence-corrected chi connectivity index (χ1v) is 11.8. The van der Waals surface area contributed by atoms with Gasteiger partial charge in [-0.3, -0.25) is 9.69 Å². The number of thioether (sulfide) groups is 1. The zero-order chi connectivity index (χ0) is 21.8. The van der Waals surface area contributed by atoms with Gasteiger partial charge in [0.25, 0.3) is 0 Å². The molecule has 0 bridgehead atoms. The van der Waals surface area contributed by atoms with Crippen molar-refractivity contribution in [2.45, 2.75) is 16.7 Å². The number of piperazine rings is 1. The molecule has 0 spiro atoms. The minimum absolute atomic E-state index is 0.188. The van der Waals surface area contributed by atoms with Crippen molar-refractivity contribution < 1.29 is 14.3 Å². The monoisotopic (exact) mass is 446 g/mol. The average molecular weight is 447 g/mol. The highest BCUT2D eigenvalue weighted by atomic mass is 32.2. The number of nitrogens with zero attached hydrogens (tertiary/aromatic N) is 2. The van der Waals surface area contributed by atoms with E-state index in [-0.39, 0.29) is 11.2 Å². The first kappa shape index (κ1) is 20.9. The minimum Gasteiger partial charge on any atom is -0.454 e. The molecule has 32 heavy (non-hydrogen) atoms. The third-order valence-electron chi connectivity index (χ3n) is 5.85. The van der Waals surface area contributed by atoms with Gasteiger partial charge in [-0.1, -0.05) is 54.6 Å². The van der Waals surface area contributed by atoms with Crippen LogP contribution in [0.2, 0.25) is 0 Å². The van der Waals surface area contributed by atoms with E-state index in [1.807, 2.05) is 59.5 Å². The van der Waals surface area contributed by atoms with Crippen molar-refractivity contribution in [3.8, 4) is 11.5 Å². The Morgan fingerprint density at radius 3 is 2.28 bits per heavy atom. The molecule has 5 nitrogen and oxygen atoms in total. The van der Waals surface area contributed by atoms with Gasteiger partial charge in [-0.15, -0.1) is 11.8 Å². The Kier molecular flexibility index (Phi) is 6.32. The molecule has 164 valence electrons. The van der Waals surface area contributed by atoms with Crippen molar-refractivity contribution in [3.63, 3.8) is 0 Å². The van der Waals surface area contributed by atoms with E-state index in [2.05, 4.69) is 29.2 Å². The predicted octanol–water partition coefficient (Wildman–Crippen LogP) is 4.59. The molecule has 1 unspecified atom stereocenters. The summed E-state index contributed by atoms with van der Waals surface area (Å²) in [6, 6.07) is 26.4. The maximum Gasteiger partial charge on any atom is 0.240 e. The van der Waals surface area contributed by atoms with Crippen LogP contribution in [-0.4, -0.2) is 48.7 Å². The Morgan fingerprint density at radius 2 is 1.53 bits per heavy atom. The molecule has 0 aliphatic carbocycles. The molecule has 2 aliphatic rings. The molecule has 0 radical (unpaired) electrons. The Hall–Kier alpha value is -2.96. The van der Waals surface area contributed by atoms with Crippen LogP contribution in [0, 0.1) is 0 Å². The van der Waals surface area contributed by atoms with Crippen molar-refractivity contribution in [2.24, 2.45) is 0 Å². The molecule has 3 aromatic rings. The summed E-state index contributed by atoms with van der Waals surface area (Å²) < 4.78 is 10.9. The molecule has 1 atom stereocenters. The van der Waals surface area contributed by atoms with Crippen LogP contribution in [0.15, 0.2) is 83.8 Å². The van der Waals surface area contributed by atoms with Crippen molar-refractivity contribution in [1.82, 2.24) is 9.80 Å². The summed E-state index contributed by atoms with van der Waals surface area (Å²) in [5.41, 5.74) is 2.25. The van der Waals surface area contributed by atoms with Gasteiger partial charge in [0, 0.05) is 37.6 Å². The molecular weight excluding hydrogens is 420 g/mol. The summed E-state index contributed by atoms with van der Waals surface area (Å²) in [4.78, 5) is 19.1. The van der Waals surface area contributed by atoms with Gasteiger partial charge in [0.05, 0.1) is 0 Å². The van der Waals surface area contributed by atoms with Crippen LogP contribution in [0.5, 0.6) is 11.5 Å². The molecule has 1 amide bonds. The van der Waals surface area contributed by atoms with E-state index in [4.69, 9.17) is 9.47 Å².